The lowest BCUT2D eigenvalue weighted by molar-refractivity contribution is -0.385. The van der Waals surface area contributed by atoms with Gasteiger partial charge in [0.05, 0.1) is 4.92 Å². The Bertz CT molecular complexity index is 515. The fourth-order valence-corrected chi connectivity index (χ4v) is 1.71. The van der Waals surface area contributed by atoms with Gasteiger partial charge in [-0.25, -0.2) is 0 Å². The van der Waals surface area contributed by atoms with Gasteiger partial charge >= 0.3 is 0 Å². The second-order valence-electron chi connectivity index (χ2n) is 5.42. The van der Waals surface area contributed by atoms with E-state index in [0.29, 0.717) is 5.69 Å². The normalized spacial score (nSPS) is 12.0. The van der Waals surface area contributed by atoms with Crippen LogP contribution in [0, 0.1) is 16.0 Å². The molecular formula is C15H23N3O3. The van der Waals surface area contributed by atoms with Crippen molar-refractivity contribution in [3.05, 3.63) is 33.9 Å². The fourth-order valence-electron chi connectivity index (χ4n) is 1.71. The molecule has 0 spiro atoms. The third-order valence-corrected chi connectivity index (χ3v) is 3.38. The molecule has 0 saturated heterocycles. The maximum atomic E-state index is 12.3. The molecule has 1 atom stereocenters. The van der Waals surface area contributed by atoms with Gasteiger partial charge < -0.3 is 10.6 Å². The molecule has 0 aliphatic rings. The van der Waals surface area contributed by atoms with Crippen molar-refractivity contribution in [2.24, 2.45) is 5.92 Å². The van der Waals surface area contributed by atoms with Gasteiger partial charge in [-0.3, -0.25) is 14.9 Å². The molecule has 0 saturated carbocycles. The number of carbonyl (C=O) groups is 1. The van der Waals surface area contributed by atoms with Crippen molar-refractivity contribution >= 4 is 17.3 Å². The monoisotopic (exact) mass is 293 g/mol. The smallest absolute Gasteiger partial charge is 0.282 e. The van der Waals surface area contributed by atoms with Crippen LogP contribution in [0.5, 0.6) is 0 Å². The van der Waals surface area contributed by atoms with Gasteiger partial charge in [-0.1, -0.05) is 20.8 Å². The first-order valence-electron chi connectivity index (χ1n) is 7.20. The summed E-state index contributed by atoms with van der Waals surface area (Å²) in [6.07, 6.45) is 0.933. The lowest BCUT2D eigenvalue weighted by atomic mass is 10.1. The Hall–Kier alpha value is -2.11. The van der Waals surface area contributed by atoms with Crippen LogP contribution < -0.4 is 10.6 Å². The van der Waals surface area contributed by atoms with Crippen LogP contribution in [0.2, 0.25) is 0 Å². The van der Waals surface area contributed by atoms with Gasteiger partial charge in [0.1, 0.15) is 5.56 Å². The summed E-state index contributed by atoms with van der Waals surface area (Å²) in [4.78, 5) is 22.8. The summed E-state index contributed by atoms with van der Waals surface area (Å²) in [6.45, 7) is 8.63. The molecule has 0 fully saturated rings. The lowest BCUT2D eigenvalue weighted by Gasteiger charge is -2.17. The zero-order valence-electron chi connectivity index (χ0n) is 13.0. The molecule has 0 aliphatic heterocycles. The highest BCUT2D eigenvalue weighted by atomic mass is 16.6. The van der Waals surface area contributed by atoms with Gasteiger partial charge in [-0.05, 0) is 31.4 Å². The molecule has 1 aromatic rings. The molecule has 0 heterocycles. The van der Waals surface area contributed by atoms with Crippen molar-refractivity contribution in [1.82, 2.24) is 5.32 Å². The van der Waals surface area contributed by atoms with Crippen LogP contribution in [0.15, 0.2) is 18.2 Å². The van der Waals surface area contributed by atoms with Crippen LogP contribution in [-0.4, -0.2) is 23.4 Å². The molecule has 0 aliphatic carbocycles. The van der Waals surface area contributed by atoms with Crippen LogP contribution in [-0.2, 0) is 0 Å². The quantitative estimate of drug-likeness (QED) is 0.597. The molecular weight excluding hydrogens is 270 g/mol. The first-order chi connectivity index (χ1) is 9.86. The Labute approximate surface area is 125 Å². The Kier molecular flexibility index (Phi) is 6.14. The highest BCUT2D eigenvalue weighted by molar-refractivity contribution is 5.99. The second-order valence-corrected chi connectivity index (χ2v) is 5.42. The fraction of sp³-hybridized carbons (Fsp3) is 0.533. The molecule has 0 radical (unpaired) electrons. The van der Waals surface area contributed by atoms with Crippen LogP contribution in [0.1, 0.15) is 44.5 Å². The zero-order valence-corrected chi connectivity index (χ0v) is 13.0. The van der Waals surface area contributed by atoms with Crippen molar-refractivity contribution in [3.63, 3.8) is 0 Å². The standard InChI is InChI=1S/C15H23N3O3/c1-5-8-16-12-6-7-14(18(20)21)13(9-12)15(19)17-11(4)10(2)3/h6-7,9-11,16H,5,8H2,1-4H3,(H,17,19). The summed E-state index contributed by atoms with van der Waals surface area (Å²) < 4.78 is 0. The zero-order chi connectivity index (χ0) is 16.0. The van der Waals surface area contributed by atoms with Crippen molar-refractivity contribution in [2.45, 2.75) is 40.2 Å². The topological polar surface area (TPSA) is 84.3 Å². The largest absolute Gasteiger partial charge is 0.385 e. The highest BCUT2D eigenvalue weighted by Crippen LogP contribution is 2.23. The highest BCUT2D eigenvalue weighted by Gasteiger charge is 2.22. The van der Waals surface area contributed by atoms with E-state index in [1.165, 1.54) is 12.1 Å². The number of anilines is 1. The van der Waals surface area contributed by atoms with Gasteiger partial charge in [-0.2, -0.15) is 0 Å². The molecule has 0 aromatic heterocycles. The predicted octanol–water partition coefficient (Wildman–Crippen LogP) is 3.19. The molecule has 0 bridgehead atoms. The number of nitrogens with zero attached hydrogens (tertiary/aromatic N) is 1. The Morgan fingerprint density at radius 2 is 2.00 bits per heavy atom. The van der Waals surface area contributed by atoms with E-state index in [2.05, 4.69) is 10.6 Å². The lowest BCUT2D eigenvalue weighted by Crippen LogP contribution is -2.36. The molecule has 1 rings (SSSR count). The second kappa shape index (κ2) is 7.61. The van der Waals surface area contributed by atoms with Crippen LogP contribution in [0.4, 0.5) is 11.4 Å². The first kappa shape index (κ1) is 16.9. The van der Waals surface area contributed by atoms with Gasteiger partial charge in [-0.15, -0.1) is 0 Å². The van der Waals surface area contributed by atoms with Crippen LogP contribution in [0.25, 0.3) is 0 Å². The maximum absolute atomic E-state index is 12.3. The van der Waals surface area contributed by atoms with E-state index in [9.17, 15) is 14.9 Å². The predicted molar refractivity (Wildman–Crippen MR) is 83.6 cm³/mol. The molecule has 6 heteroatoms. The van der Waals surface area contributed by atoms with E-state index >= 15 is 0 Å². The van der Waals surface area contributed by atoms with Crippen molar-refractivity contribution < 1.29 is 9.72 Å². The minimum absolute atomic E-state index is 0.0515. The first-order valence-corrected chi connectivity index (χ1v) is 7.20. The maximum Gasteiger partial charge on any atom is 0.282 e. The van der Waals surface area contributed by atoms with E-state index in [4.69, 9.17) is 0 Å². The minimum atomic E-state index is -0.529. The molecule has 2 N–H and O–H groups in total. The third kappa shape index (κ3) is 4.73. The minimum Gasteiger partial charge on any atom is -0.385 e. The Morgan fingerprint density at radius 3 is 2.52 bits per heavy atom. The van der Waals surface area contributed by atoms with Crippen LogP contribution in [0.3, 0.4) is 0 Å². The van der Waals surface area contributed by atoms with Crippen molar-refractivity contribution in [3.8, 4) is 0 Å². The van der Waals surface area contributed by atoms with E-state index in [1.54, 1.807) is 6.07 Å². The SMILES string of the molecule is CCCNc1ccc([N+](=O)[O-])c(C(=O)NC(C)C(C)C)c1. The summed E-state index contributed by atoms with van der Waals surface area (Å²) in [5.41, 5.74) is 0.629. The summed E-state index contributed by atoms with van der Waals surface area (Å²) in [6, 6.07) is 4.48. The van der Waals surface area contributed by atoms with Gasteiger partial charge in [0.15, 0.2) is 0 Å². The van der Waals surface area contributed by atoms with Crippen molar-refractivity contribution in [1.29, 1.82) is 0 Å². The van der Waals surface area contributed by atoms with Crippen LogP contribution >= 0.6 is 0 Å². The summed E-state index contributed by atoms with van der Waals surface area (Å²) >= 11 is 0. The molecule has 21 heavy (non-hydrogen) atoms. The van der Waals surface area contributed by atoms with E-state index in [-0.39, 0.29) is 23.2 Å². The molecule has 1 unspecified atom stereocenters. The molecule has 1 aromatic carbocycles. The number of amides is 1. The molecule has 116 valence electrons. The number of benzene rings is 1. The summed E-state index contributed by atoms with van der Waals surface area (Å²) in [5, 5.41) is 17.0. The number of nitro groups is 1. The third-order valence-electron chi connectivity index (χ3n) is 3.38. The van der Waals surface area contributed by atoms with E-state index < -0.39 is 10.8 Å². The summed E-state index contributed by atoms with van der Waals surface area (Å²) in [5.74, 6) is -0.155. The average Bonchev–Trinajstić information content (AvgIpc) is 2.44. The van der Waals surface area contributed by atoms with Gasteiger partial charge in [0.2, 0.25) is 0 Å². The summed E-state index contributed by atoms with van der Waals surface area (Å²) in [7, 11) is 0. The number of hydrogen-bond acceptors (Lipinski definition) is 4. The molecule has 6 nitrogen and oxygen atoms in total. The number of nitrogens with one attached hydrogen (secondary N) is 2. The number of carbonyl (C=O) groups excluding carboxylic acids is 1. The van der Waals surface area contributed by atoms with Crippen molar-refractivity contribution in [2.75, 3.05) is 11.9 Å². The number of rotatable bonds is 7. The van der Waals surface area contributed by atoms with E-state index in [1.807, 2.05) is 27.7 Å². The van der Waals surface area contributed by atoms with Gasteiger partial charge in [0, 0.05) is 24.3 Å². The Balaban J connectivity index is 3.05. The van der Waals surface area contributed by atoms with Gasteiger partial charge in [0.25, 0.3) is 11.6 Å². The Morgan fingerprint density at radius 1 is 1.33 bits per heavy atom. The molecule has 1 amide bonds. The number of nitro benzene ring substituents is 1. The average molecular weight is 293 g/mol. The van der Waals surface area contributed by atoms with E-state index in [0.717, 1.165) is 13.0 Å². The number of hydrogen-bond donors (Lipinski definition) is 2.